The molecule has 0 saturated carbocycles. The quantitative estimate of drug-likeness (QED) is 0.773. The van der Waals surface area contributed by atoms with Crippen LogP contribution >= 0.6 is 11.6 Å². The second-order valence-corrected chi connectivity index (χ2v) is 6.91. The molecule has 1 aromatic carbocycles. The Bertz CT molecular complexity index is 819. The van der Waals surface area contributed by atoms with Crippen LogP contribution in [-0.2, 0) is 24.6 Å². The normalized spacial score (nSPS) is 12.9. The number of nitrogens with one attached hydrogen (secondary N) is 2. The molecule has 27 heavy (non-hydrogen) atoms. The minimum Gasteiger partial charge on any atom is -0.372 e. The summed E-state index contributed by atoms with van der Waals surface area (Å²) in [5.41, 5.74) is -0.589. The van der Waals surface area contributed by atoms with Crippen molar-refractivity contribution >= 4 is 23.2 Å². The third kappa shape index (κ3) is 5.12. The van der Waals surface area contributed by atoms with Crippen LogP contribution in [0.5, 0.6) is 0 Å². The SMILES string of the molecule is Cc1nnc(CNC(=O)[C@@H](Nc2ccc(C(F)(F)F)cc2Cl)C(C)C)n1C. The van der Waals surface area contributed by atoms with Gasteiger partial charge in [-0.3, -0.25) is 4.79 Å². The smallest absolute Gasteiger partial charge is 0.372 e. The molecule has 0 aliphatic rings. The lowest BCUT2D eigenvalue weighted by molar-refractivity contribution is -0.137. The topological polar surface area (TPSA) is 71.8 Å². The Labute approximate surface area is 160 Å². The van der Waals surface area contributed by atoms with Gasteiger partial charge >= 0.3 is 6.18 Å². The van der Waals surface area contributed by atoms with Gasteiger partial charge in [-0.2, -0.15) is 13.2 Å². The van der Waals surface area contributed by atoms with E-state index in [0.717, 1.165) is 12.1 Å². The fourth-order valence-corrected chi connectivity index (χ4v) is 2.63. The first kappa shape index (κ1) is 21.0. The zero-order valence-electron chi connectivity index (χ0n) is 15.4. The summed E-state index contributed by atoms with van der Waals surface area (Å²) in [6.45, 7) is 5.62. The molecular formula is C17H21ClF3N5O. The van der Waals surface area contributed by atoms with Gasteiger partial charge < -0.3 is 15.2 Å². The molecule has 148 valence electrons. The van der Waals surface area contributed by atoms with Gasteiger partial charge in [-0.1, -0.05) is 25.4 Å². The first-order chi connectivity index (χ1) is 12.5. The van der Waals surface area contributed by atoms with Crippen LogP contribution in [0.25, 0.3) is 0 Å². The second kappa shape index (κ2) is 8.16. The third-order valence-corrected chi connectivity index (χ3v) is 4.47. The van der Waals surface area contributed by atoms with Gasteiger partial charge in [0.15, 0.2) is 5.82 Å². The number of anilines is 1. The molecule has 0 saturated heterocycles. The van der Waals surface area contributed by atoms with Gasteiger partial charge in [-0.15, -0.1) is 10.2 Å². The summed E-state index contributed by atoms with van der Waals surface area (Å²) in [6, 6.07) is 2.29. The van der Waals surface area contributed by atoms with Crippen LogP contribution in [0, 0.1) is 12.8 Å². The molecule has 10 heteroatoms. The van der Waals surface area contributed by atoms with Crippen LogP contribution in [0.15, 0.2) is 18.2 Å². The van der Waals surface area contributed by atoms with E-state index in [2.05, 4.69) is 20.8 Å². The number of rotatable bonds is 6. The fourth-order valence-electron chi connectivity index (χ4n) is 2.39. The number of benzene rings is 1. The van der Waals surface area contributed by atoms with Gasteiger partial charge in [0.2, 0.25) is 5.91 Å². The minimum atomic E-state index is -4.48. The number of aryl methyl sites for hydroxylation is 1. The molecule has 1 aromatic heterocycles. The molecule has 6 nitrogen and oxygen atoms in total. The lowest BCUT2D eigenvalue weighted by Gasteiger charge is -2.23. The van der Waals surface area contributed by atoms with Crippen molar-refractivity contribution in [3.8, 4) is 0 Å². The van der Waals surface area contributed by atoms with Crippen LogP contribution in [0.1, 0.15) is 31.1 Å². The largest absolute Gasteiger partial charge is 0.416 e. The van der Waals surface area contributed by atoms with Crippen molar-refractivity contribution in [2.24, 2.45) is 13.0 Å². The van der Waals surface area contributed by atoms with E-state index in [0.29, 0.717) is 11.6 Å². The van der Waals surface area contributed by atoms with Gasteiger partial charge in [0.1, 0.15) is 11.9 Å². The first-order valence-corrected chi connectivity index (χ1v) is 8.64. The Morgan fingerprint density at radius 3 is 2.44 bits per heavy atom. The standard InChI is InChI=1S/C17H21ClF3N5O/c1-9(2)15(16(27)22-8-14-25-24-10(3)26(14)4)23-13-6-5-11(7-12(13)18)17(19,20)21/h5-7,9,15,23H,8H2,1-4H3,(H,22,27)/t15-/m0/s1. The summed E-state index contributed by atoms with van der Waals surface area (Å²) in [5.74, 6) is 0.858. The summed E-state index contributed by atoms with van der Waals surface area (Å²) in [7, 11) is 1.79. The molecule has 0 aliphatic carbocycles. The summed E-state index contributed by atoms with van der Waals surface area (Å²) in [5, 5.41) is 13.5. The van der Waals surface area contributed by atoms with Crippen molar-refractivity contribution < 1.29 is 18.0 Å². The number of alkyl halides is 3. The number of carbonyl (C=O) groups excluding carboxylic acids is 1. The zero-order valence-corrected chi connectivity index (χ0v) is 16.1. The van der Waals surface area contributed by atoms with E-state index in [4.69, 9.17) is 11.6 Å². The number of carbonyl (C=O) groups is 1. The molecule has 2 rings (SSSR count). The second-order valence-electron chi connectivity index (χ2n) is 6.50. The zero-order chi connectivity index (χ0) is 20.4. The Morgan fingerprint density at radius 2 is 1.96 bits per heavy atom. The highest BCUT2D eigenvalue weighted by Gasteiger charge is 2.31. The molecule has 0 bridgehead atoms. The Kier molecular flexibility index (Phi) is 6.35. The van der Waals surface area contributed by atoms with Gasteiger partial charge in [0, 0.05) is 7.05 Å². The molecule has 0 radical (unpaired) electrons. The fraction of sp³-hybridized carbons (Fsp3) is 0.471. The summed E-state index contributed by atoms with van der Waals surface area (Å²) < 4.78 is 40.0. The average molecular weight is 404 g/mol. The average Bonchev–Trinajstić information content (AvgIpc) is 2.89. The van der Waals surface area contributed by atoms with Gasteiger partial charge in [0.25, 0.3) is 0 Å². The van der Waals surface area contributed by atoms with E-state index in [1.165, 1.54) is 6.07 Å². The highest BCUT2D eigenvalue weighted by atomic mass is 35.5. The van der Waals surface area contributed by atoms with Crippen molar-refractivity contribution in [1.82, 2.24) is 20.1 Å². The molecule has 0 aliphatic heterocycles. The minimum absolute atomic E-state index is 0.104. The summed E-state index contributed by atoms with van der Waals surface area (Å²) in [6.07, 6.45) is -4.48. The number of hydrogen-bond donors (Lipinski definition) is 2. The van der Waals surface area contributed by atoms with Crippen molar-refractivity contribution in [1.29, 1.82) is 0 Å². The van der Waals surface area contributed by atoms with E-state index >= 15 is 0 Å². The molecule has 2 N–H and O–H groups in total. The molecule has 2 aromatic rings. The van der Waals surface area contributed by atoms with Crippen molar-refractivity contribution in [2.75, 3.05) is 5.32 Å². The maximum atomic E-state index is 12.8. The van der Waals surface area contributed by atoms with Crippen molar-refractivity contribution in [3.63, 3.8) is 0 Å². The lowest BCUT2D eigenvalue weighted by atomic mass is 10.0. The van der Waals surface area contributed by atoms with Crippen LogP contribution in [-0.4, -0.2) is 26.7 Å². The predicted molar refractivity (Wildman–Crippen MR) is 96.3 cm³/mol. The van der Waals surface area contributed by atoms with Crippen LogP contribution in [0.4, 0.5) is 18.9 Å². The van der Waals surface area contributed by atoms with Gasteiger partial charge in [-0.05, 0) is 31.0 Å². The van der Waals surface area contributed by atoms with E-state index in [1.54, 1.807) is 18.5 Å². The van der Waals surface area contributed by atoms with E-state index in [9.17, 15) is 18.0 Å². The molecule has 0 spiro atoms. The monoisotopic (exact) mass is 403 g/mol. The summed E-state index contributed by atoms with van der Waals surface area (Å²) >= 11 is 5.97. The van der Waals surface area contributed by atoms with E-state index in [-0.39, 0.29) is 29.1 Å². The molecule has 0 unspecified atom stereocenters. The molecule has 1 atom stereocenters. The number of hydrogen-bond acceptors (Lipinski definition) is 4. The number of halogens is 4. The van der Waals surface area contributed by atoms with Crippen molar-refractivity contribution in [3.05, 3.63) is 40.4 Å². The number of amides is 1. The van der Waals surface area contributed by atoms with Gasteiger partial charge in [0.05, 0.1) is 22.8 Å². The highest BCUT2D eigenvalue weighted by Crippen LogP contribution is 2.34. The maximum Gasteiger partial charge on any atom is 0.416 e. The third-order valence-electron chi connectivity index (χ3n) is 4.16. The molecule has 1 amide bonds. The van der Waals surface area contributed by atoms with Crippen LogP contribution in [0.2, 0.25) is 5.02 Å². The number of aromatic nitrogens is 3. The van der Waals surface area contributed by atoms with E-state index in [1.807, 2.05) is 13.8 Å². The van der Waals surface area contributed by atoms with Gasteiger partial charge in [-0.25, -0.2) is 0 Å². The molecule has 1 heterocycles. The Morgan fingerprint density at radius 1 is 1.30 bits per heavy atom. The predicted octanol–water partition coefficient (Wildman–Crippen LogP) is 3.55. The highest BCUT2D eigenvalue weighted by molar-refractivity contribution is 6.33. The molecule has 0 fully saturated rings. The molecular weight excluding hydrogens is 383 g/mol. The summed E-state index contributed by atoms with van der Waals surface area (Å²) in [4.78, 5) is 12.6. The van der Waals surface area contributed by atoms with Crippen LogP contribution in [0.3, 0.4) is 0 Å². The Hall–Kier alpha value is -2.29. The van der Waals surface area contributed by atoms with Crippen LogP contribution < -0.4 is 10.6 Å². The van der Waals surface area contributed by atoms with E-state index < -0.39 is 17.8 Å². The lowest BCUT2D eigenvalue weighted by Crippen LogP contribution is -2.43. The van der Waals surface area contributed by atoms with Crippen molar-refractivity contribution in [2.45, 2.75) is 39.5 Å². The Balaban J connectivity index is 2.11. The maximum absolute atomic E-state index is 12.8. The first-order valence-electron chi connectivity index (χ1n) is 8.26. The number of nitrogens with zero attached hydrogens (tertiary/aromatic N) is 3.